The van der Waals surface area contributed by atoms with Crippen LogP contribution in [-0.4, -0.2) is 35.9 Å². The van der Waals surface area contributed by atoms with E-state index < -0.39 is 6.04 Å². The lowest BCUT2D eigenvalue weighted by molar-refractivity contribution is -0.142. The molecule has 0 spiro atoms. The fourth-order valence-electron chi connectivity index (χ4n) is 3.05. The molecule has 0 unspecified atom stereocenters. The van der Waals surface area contributed by atoms with Crippen molar-refractivity contribution in [3.05, 3.63) is 64.7 Å². The third-order valence-corrected chi connectivity index (χ3v) is 4.89. The van der Waals surface area contributed by atoms with Crippen LogP contribution in [0.25, 0.3) is 0 Å². The molecular weight excluding hydrogens is 388 g/mol. The molecule has 0 aliphatic carbocycles. The number of rotatable bonds is 9. The van der Waals surface area contributed by atoms with Crippen LogP contribution in [-0.2, 0) is 16.1 Å². The second-order valence-corrected chi connectivity index (χ2v) is 7.64. The minimum Gasteiger partial charge on any atom is -0.483 e. The molecule has 0 fully saturated rings. The number of benzene rings is 2. The fourth-order valence-corrected chi connectivity index (χ4v) is 3.26. The van der Waals surface area contributed by atoms with Gasteiger partial charge in [0.25, 0.3) is 5.91 Å². The van der Waals surface area contributed by atoms with E-state index in [9.17, 15) is 9.59 Å². The third kappa shape index (κ3) is 6.50. The number of para-hydroxylation sites is 1. The Morgan fingerprint density at radius 1 is 1.10 bits per heavy atom. The average molecular weight is 417 g/mol. The van der Waals surface area contributed by atoms with E-state index in [-0.39, 0.29) is 30.9 Å². The van der Waals surface area contributed by atoms with Gasteiger partial charge in [-0.2, -0.15) is 0 Å². The largest absolute Gasteiger partial charge is 0.483 e. The van der Waals surface area contributed by atoms with Crippen LogP contribution in [0, 0.1) is 0 Å². The van der Waals surface area contributed by atoms with Crippen molar-refractivity contribution in [2.24, 2.45) is 0 Å². The molecule has 2 aromatic carbocycles. The SMILES string of the molecule is CCNC(=O)[C@@H](C)N(Cc1cccc(Cl)c1)C(=O)COc1ccccc1C(C)C. The first-order chi connectivity index (χ1) is 13.8. The Bertz CT molecular complexity index is 838. The van der Waals surface area contributed by atoms with Gasteiger partial charge in [0.05, 0.1) is 0 Å². The number of likely N-dealkylation sites (N-methyl/N-ethyl adjacent to an activating group) is 1. The molecule has 2 aromatic rings. The summed E-state index contributed by atoms with van der Waals surface area (Å²) in [6.07, 6.45) is 0. The quantitative estimate of drug-likeness (QED) is 0.659. The minimum atomic E-state index is -0.634. The molecule has 6 heteroatoms. The molecule has 0 saturated carbocycles. The smallest absolute Gasteiger partial charge is 0.261 e. The van der Waals surface area contributed by atoms with Gasteiger partial charge in [-0.3, -0.25) is 9.59 Å². The second kappa shape index (κ2) is 10.9. The van der Waals surface area contributed by atoms with E-state index in [2.05, 4.69) is 19.2 Å². The summed E-state index contributed by atoms with van der Waals surface area (Å²) in [5, 5.41) is 3.36. The van der Waals surface area contributed by atoms with Crippen molar-refractivity contribution in [2.45, 2.75) is 46.2 Å². The number of nitrogens with one attached hydrogen (secondary N) is 1. The number of carbonyl (C=O) groups is 2. The highest BCUT2D eigenvalue weighted by atomic mass is 35.5. The number of ether oxygens (including phenoxy) is 1. The molecule has 2 rings (SSSR count). The Morgan fingerprint density at radius 2 is 1.83 bits per heavy atom. The number of hydrogen-bond donors (Lipinski definition) is 1. The lowest BCUT2D eigenvalue weighted by Gasteiger charge is -2.29. The van der Waals surface area contributed by atoms with E-state index in [1.165, 1.54) is 4.90 Å². The number of hydrogen-bond acceptors (Lipinski definition) is 3. The summed E-state index contributed by atoms with van der Waals surface area (Å²) in [4.78, 5) is 26.9. The number of halogens is 1. The van der Waals surface area contributed by atoms with Crippen molar-refractivity contribution in [2.75, 3.05) is 13.2 Å². The second-order valence-electron chi connectivity index (χ2n) is 7.20. The summed E-state index contributed by atoms with van der Waals surface area (Å²) in [5.41, 5.74) is 1.89. The van der Waals surface area contributed by atoms with Crippen molar-refractivity contribution in [1.82, 2.24) is 10.2 Å². The standard InChI is InChI=1S/C23H29ClN2O3/c1-5-25-23(28)17(4)26(14-18-9-8-10-19(24)13-18)22(27)15-29-21-12-7-6-11-20(21)16(2)3/h6-13,16-17H,5,14-15H2,1-4H3,(H,25,28)/t17-/m1/s1. The summed E-state index contributed by atoms with van der Waals surface area (Å²) in [6.45, 7) is 8.34. The molecule has 0 saturated heterocycles. The van der Waals surface area contributed by atoms with Gasteiger partial charge in [-0.25, -0.2) is 0 Å². The van der Waals surface area contributed by atoms with Crippen LogP contribution in [0.4, 0.5) is 0 Å². The molecule has 1 atom stereocenters. The molecular formula is C23H29ClN2O3. The molecule has 2 amide bonds. The van der Waals surface area contributed by atoms with Crippen molar-refractivity contribution in [3.63, 3.8) is 0 Å². The normalized spacial score (nSPS) is 11.8. The van der Waals surface area contributed by atoms with Crippen molar-refractivity contribution in [3.8, 4) is 5.75 Å². The van der Waals surface area contributed by atoms with E-state index in [0.717, 1.165) is 11.1 Å². The Hall–Kier alpha value is -2.53. The number of amides is 2. The molecule has 0 bridgehead atoms. The molecule has 29 heavy (non-hydrogen) atoms. The van der Waals surface area contributed by atoms with Crippen molar-refractivity contribution in [1.29, 1.82) is 0 Å². The molecule has 0 radical (unpaired) electrons. The molecule has 0 heterocycles. The van der Waals surface area contributed by atoms with Crippen LogP contribution < -0.4 is 10.1 Å². The minimum absolute atomic E-state index is 0.145. The van der Waals surface area contributed by atoms with Gasteiger partial charge >= 0.3 is 0 Å². The van der Waals surface area contributed by atoms with Gasteiger partial charge in [-0.1, -0.05) is 55.8 Å². The lowest BCUT2D eigenvalue weighted by atomic mass is 10.0. The number of carbonyl (C=O) groups excluding carboxylic acids is 2. The Balaban J connectivity index is 2.18. The summed E-state index contributed by atoms with van der Waals surface area (Å²) < 4.78 is 5.84. The van der Waals surface area contributed by atoms with Crippen molar-refractivity contribution >= 4 is 23.4 Å². The first kappa shape index (κ1) is 22.8. The Labute approximate surface area is 178 Å². The zero-order valence-electron chi connectivity index (χ0n) is 17.4. The van der Waals surface area contributed by atoms with E-state index in [4.69, 9.17) is 16.3 Å². The van der Waals surface area contributed by atoms with Gasteiger partial charge in [0.2, 0.25) is 5.91 Å². The van der Waals surface area contributed by atoms with Gasteiger partial charge < -0.3 is 15.0 Å². The molecule has 1 N–H and O–H groups in total. The van der Waals surface area contributed by atoms with Crippen LogP contribution in [0.5, 0.6) is 5.75 Å². The van der Waals surface area contributed by atoms with Gasteiger partial charge in [0.15, 0.2) is 6.61 Å². The van der Waals surface area contributed by atoms with Crippen LogP contribution >= 0.6 is 11.6 Å². The van der Waals surface area contributed by atoms with Crippen LogP contribution in [0.15, 0.2) is 48.5 Å². The number of nitrogens with zero attached hydrogens (tertiary/aromatic N) is 1. The predicted molar refractivity (Wildman–Crippen MR) is 116 cm³/mol. The van der Waals surface area contributed by atoms with Crippen LogP contribution in [0.1, 0.15) is 44.7 Å². The summed E-state index contributed by atoms with van der Waals surface area (Å²) in [5.74, 6) is 0.495. The molecule has 5 nitrogen and oxygen atoms in total. The lowest BCUT2D eigenvalue weighted by Crippen LogP contribution is -2.49. The van der Waals surface area contributed by atoms with Gasteiger partial charge in [-0.05, 0) is 49.1 Å². The first-order valence-corrected chi connectivity index (χ1v) is 10.2. The topological polar surface area (TPSA) is 58.6 Å². The third-order valence-electron chi connectivity index (χ3n) is 4.65. The maximum atomic E-state index is 13.0. The zero-order valence-corrected chi connectivity index (χ0v) is 18.2. The molecule has 156 valence electrons. The highest BCUT2D eigenvalue weighted by Crippen LogP contribution is 2.26. The predicted octanol–water partition coefficient (Wildman–Crippen LogP) is 4.40. The summed E-state index contributed by atoms with van der Waals surface area (Å²) in [7, 11) is 0. The van der Waals surface area contributed by atoms with Crippen LogP contribution in [0.2, 0.25) is 5.02 Å². The molecule has 0 aliphatic heterocycles. The fraction of sp³-hybridized carbons (Fsp3) is 0.391. The van der Waals surface area contributed by atoms with Gasteiger partial charge in [-0.15, -0.1) is 0 Å². The molecule has 0 aromatic heterocycles. The van der Waals surface area contributed by atoms with E-state index in [1.807, 2.05) is 43.3 Å². The van der Waals surface area contributed by atoms with Gasteiger partial charge in [0.1, 0.15) is 11.8 Å². The molecule has 0 aliphatic rings. The first-order valence-electron chi connectivity index (χ1n) is 9.86. The highest BCUT2D eigenvalue weighted by Gasteiger charge is 2.26. The Morgan fingerprint density at radius 3 is 2.48 bits per heavy atom. The zero-order chi connectivity index (χ0) is 21.4. The van der Waals surface area contributed by atoms with E-state index in [0.29, 0.717) is 17.3 Å². The summed E-state index contributed by atoms with van der Waals surface area (Å²) >= 11 is 6.08. The van der Waals surface area contributed by atoms with Crippen molar-refractivity contribution < 1.29 is 14.3 Å². The van der Waals surface area contributed by atoms with Gasteiger partial charge in [0, 0.05) is 18.1 Å². The van der Waals surface area contributed by atoms with E-state index in [1.54, 1.807) is 19.1 Å². The van der Waals surface area contributed by atoms with Crippen LogP contribution in [0.3, 0.4) is 0 Å². The highest BCUT2D eigenvalue weighted by molar-refractivity contribution is 6.30. The summed E-state index contributed by atoms with van der Waals surface area (Å²) in [6, 6.07) is 14.3. The maximum absolute atomic E-state index is 13.0. The van der Waals surface area contributed by atoms with E-state index >= 15 is 0 Å². The average Bonchev–Trinajstić information content (AvgIpc) is 2.70. The Kier molecular flexibility index (Phi) is 8.52. The monoisotopic (exact) mass is 416 g/mol. The maximum Gasteiger partial charge on any atom is 0.261 e.